The molecule has 0 radical (unpaired) electrons. The summed E-state index contributed by atoms with van der Waals surface area (Å²) < 4.78 is 5.82. The quantitative estimate of drug-likeness (QED) is 0.773. The summed E-state index contributed by atoms with van der Waals surface area (Å²) in [4.78, 5) is 11.8. The lowest BCUT2D eigenvalue weighted by Gasteiger charge is -2.11. The van der Waals surface area contributed by atoms with Crippen LogP contribution in [0.4, 0.5) is 0 Å². The number of carbonyl (C=O) groups is 1. The third-order valence-corrected chi connectivity index (χ3v) is 4.37. The van der Waals surface area contributed by atoms with Gasteiger partial charge in [-0.25, -0.2) is 0 Å². The second-order valence-corrected chi connectivity index (χ2v) is 6.07. The van der Waals surface area contributed by atoms with Crippen LogP contribution in [-0.4, -0.2) is 32.1 Å². The smallest absolute Gasteiger partial charge is 0.220 e. The largest absolute Gasteiger partial charge is 0.491 e. The van der Waals surface area contributed by atoms with E-state index in [9.17, 15) is 4.79 Å². The van der Waals surface area contributed by atoms with E-state index in [1.165, 1.54) is 11.8 Å². The molecule has 3 rings (SSSR count). The van der Waals surface area contributed by atoms with E-state index in [0.717, 1.165) is 30.6 Å². The third kappa shape index (κ3) is 4.45. The first-order valence-electron chi connectivity index (χ1n) is 8.41. The van der Waals surface area contributed by atoms with Crippen molar-refractivity contribution in [2.75, 3.05) is 26.2 Å². The summed E-state index contributed by atoms with van der Waals surface area (Å²) in [5.41, 5.74) is 0. The SMILES string of the molecule is O=C(CCC1CCNC1)NCCOc1cccc2ccccc12. The Labute approximate surface area is 137 Å². The van der Waals surface area contributed by atoms with Gasteiger partial charge in [0.05, 0.1) is 6.54 Å². The zero-order valence-corrected chi connectivity index (χ0v) is 13.4. The maximum absolute atomic E-state index is 11.8. The molecule has 0 aliphatic carbocycles. The Balaban J connectivity index is 1.39. The van der Waals surface area contributed by atoms with E-state index in [2.05, 4.69) is 28.8 Å². The summed E-state index contributed by atoms with van der Waals surface area (Å²) in [7, 11) is 0. The molecule has 2 N–H and O–H groups in total. The third-order valence-electron chi connectivity index (χ3n) is 4.37. The van der Waals surface area contributed by atoms with Crippen LogP contribution < -0.4 is 15.4 Å². The standard InChI is InChI=1S/C19H24N2O2/c22-19(9-8-15-10-11-20-14-15)21-12-13-23-18-7-3-5-16-4-1-2-6-17(16)18/h1-7,15,20H,8-14H2,(H,21,22). The Morgan fingerprint density at radius 3 is 2.96 bits per heavy atom. The van der Waals surface area contributed by atoms with Crippen molar-refractivity contribution in [3.05, 3.63) is 42.5 Å². The lowest BCUT2D eigenvalue weighted by Crippen LogP contribution is -2.28. The molecule has 0 spiro atoms. The number of nitrogens with one attached hydrogen (secondary N) is 2. The molecule has 1 aliphatic rings. The fourth-order valence-corrected chi connectivity index (χ4v) is 3.06. The zero-order chi connectivity index (χ0) is 15.9. The molecule has 0 bridgehead atoms. The molecule has 1 amide bonds. The first-order chi connectivity index (χ1) is 11.3. The number of rotatable bonds is 7. The highest BCUT2D eigenvalue weighted by atomic mass is 16.5. The molecule has 1 atom stereocenters. The average Bonchev–Trinajstić information content (AvgIpc) is 3.10. The molecule has 1 unspecified atom stereocenters. The Morgan fingerprint density at radius 1 is 1.22 bits per heavy atom. The van der Waals surface area contributed by atoms with Crippen LogP contribution in [0.1, 0.15) is 19.3 Å². The molecular weight excluding hydrogens is 288 g/mol. The number of benzene rings is 2. The van der Waals surface area contributed by atoms with Crippen LogP contribution in [0.5, 0.6) is 5.75 Å². The van der Waals surface area contributed by atoms with Crippen LogP contribution >= 0.6 is 0 Å². The molecule has 1 heterocycles. The number of hydrogen-bond acceptors (Lipinski definition) is 3. The minimum Gasteiger partial charge on any atom is -0.491 e. The van der Waals surface area contributed by atoms with Crippen molar-refractivity contribution in [3.63, 3.8) is 0 Å². The van der Waals surface area contributed by atoms with Crippen LogP contribution in [0.3, 0.4) is 0 Å². The van der Waals surface area contributed by atoms with Crippen molar-refractivity contribution >= 4 is 16.7 Å². The van der Waals surface area contributed by atoms with Crippen molar-refractivity contribution in [2.45, 2.75) is 19.3 Å². The van der Waals surface area contributed by atoms with E-state index in [0.29, 0.717) is 25.5 Å². The lowest BCUT2D eigenvalue weighted by atomic mass is 10.0. The molecule has 1 aliphatic heterocycles. The van der Waals surface area contributed by atoms with Gasteiger partial charge in [-0.15, -0.1) is 0 Å². The highest BCUT2D eigenvalue weighted by molar-refractivity contribution is 5.88. The van der Waals surface area contributed by atoms with Crippen molar-refractivity contribution in [2.24, 2.45) is 5.92 Å². The van der Waals surface area contributed by atoms with Gasteiger partial charge in [0.25, 0.3) is 0 Å². The average molecular weight is 312 g/mol. The predicted octanol–water partition coefficient (Wildman–Crippen LogP) is 2.72. The topological polar surface area (TPSA) is 50.4 Å². The minimum atomic E-state index is 0.124. The van der Waals surface area contributed by atoms with E-state index in [-0.39, 0.29) is 5.91 Å². The van der Waals surface area contributed by atoms with Crippen LogP contribution in [-0.2, 0) is 4.79 Å². The van der Waals surface area contributed by atoms with Crippen LogP contribution in [0.2, 0.25) is 0 Å². The highest BCUT2D eigenvalue weighted by Crippen LogP contribution is 2.24. The molecular formula is C19H24N2O2. The molecule has 4 heteroatoms. The van der Waals surface area contributed by atoms with Gasteiger partial charge >= 0.3 is 0 Å². The summed E-state index contributed by atoms with van der Waals surface area (Å²) in [6, 6.07) is 14.2. The number of hydrogen-bond donors (Lipinski definition) is 2. The van der Waals surface area contributed by atoms with E-state index in [1.54, 1.807) is 0 Å². The monoisotopic (exact) mass is 312 g/mol. The number of fused-ring (bicyclic) bond motifs is 1. The second-order valence-electron chi connectivity index (χ2n) is 6.07. The van der Waals surface area contributed by atoms with Crippen LogP contribution in [0.15, 0.2) is 42.5 Å². The van der Waals surface area contributed by atoms with Gasteiger partial charge in [-0.05, 0) is 43.3 Å². The van der Waals surface area contributed by atoms with Gasteiger partial charge in [0.15, 0.2) is 0 Å². The van der Waals surface area contributed by atoms with Crippen LogP contribution in [0, 0.1) is 5.92 Å². The van der Waals surface area contributed by atoms with Gasteiger partial charge in [0, 0.05) is 11.8 Å². The molecule has 122 valence electrons. The van der Waals surface area contributed by atoms with E-state index < -0.39 is 0 Å². The Kier molecular flexibility index (Phi) is 5.48. The van der Waals surface area contributed by atoms with E-state index in [4.69, 9.17) is 4.74 Å². The Hall–Kier alpha value is -2.07. The predicted molar refractivity (Wildman–Crippen MR) is 92.7 cm³/mol. The van der Waals surface area contributed by atoms with Gasteiger partial charge in [-0.1, -0.05) is 36.4 Å². The Morgan fingerprint density at radius 2 is 2.09 bits per heavy atom. The summed E-state index contributed by atoms with van der Waals surface area (Å²) in [6.07, 6.45) is 2.78. The summed E-state index contributed by atoms with van der Waals surface area (Å²) in [5.74, 6) is 1.65. The van der Waals surface area contributed by atoms with Crippen molar-refractivity contribution in [3.8, 4) is 5.75 Å². The Bertz CT molecular complexity index is 645. The maximum atomic E-state index is 11.8. The summed E-state index contributed by atoms with van der Waals surface area (Å²) >= 11 is 0. The second kappa shape index (κ2) is 7.97. The molecule has 0 aromatic heterocycles. The van der Waals surface area contributed by atoms with E-state index in [1.807, 2.05) is 24.3 Å². The van der Waals surface area contributed by atoms with Gasteiger partial charge in [-0.2, -0.15) is 0 Å². The molecule has 4 nitrogen and oxygen atoms in total. The molecule has 2 aromatic carbocycles. The van der Waals surface area contributed by atoms with Gasteiger partial charge < -0.3 is 15.4 Å². The number of amides is 1. The normalized spacial score (nSPS) is 17.3. The molecule has 1 fully saturated rings. The van der Waals surface area contributed by atoms with Gasteiger partial charge in [-0.3, -0.25) is 4.79 Å². The fraction of sp³-hybridized carbons (Fsp3) is 0.421. The molecule has 1 saturated heterocycles. The zero-order valence-electron chi connectivity index (χ0n) is 13.4. The first kappa shape index (κ1) is 15.8. The van der Waals surface area contributed by atoms with Crippen molar-refractivity contribution in [1.82, 2.24) is 10.6 Å². The fourth-order valence-electron chi connectivity index (χ4n) is 3.06. The maximum Gasteiger partial charge on any atom is 0.220 e. The summed E-state index contributed by atoms with van der Waals surface area (Å²) in [5, 5.41) is 8.54. The number of carbonyl (C=O) groups excluding carboxylic acids is 1. The molecule has 0 saturated carbocycles. The van der Waals surface area contributed by atoms with Gasteiger partial charge in [0.1, 0.15) is 12.4 Å². The highest BCUT2D eigenvalue weighted by Gasteiger charge is 2.15. The van der Waals surface area contributed by atoms with E-state index >= 15 is 0 Å². The first-order valence-corrected chi connectivity index (χ1v) is 8.41. The minimum absolute atomic E-state index is 0.124. The van der Waals surface area contributed by atoms with Crippen molar-refractivity contribution in [1.29, 1.82) is 0 Å². The molecule has 2 aromatic rings. The van der Waals surface area contributed by atoms with Crippen molar-refractivity contribution < 1.29 is 9.53 Å². The number of ether oxygens (including phenoxy) is 1. The molecule has 23 heavy (non-hydrogen) atoms. The lowest BCUT2D eigenvalue weighted by molar-refractivity contribution is -0.121. The van der Waals surface area contributed by atoms with Crippen LogP contribution in [0.25, 0.3) is 10.8 Å². The van der Waals surface area contributed by atoms with Gasteiger partial charge in [0.2, 0.25) is 5.91 Å². The summed E-state index contributed by atoms with van der Waals surface area (Å²) in [6.45, 7) is 3.18.